The zero-order chi connectivity index (χ0) is 13.5. The Morgan fingerprint density at radius 2 is 1.32 bits per heavy atom. The van der Waals surface area contributed by atoms with Gasteiger partial charge in [-0.2, -0.15) is 0 Å². The number of benzene rings is 2. The van der Waals surface area contributed by atoms with E-state index in [2.05, 4.69) is 43.3 Å². The molecule has 0 bridgehead atoms. The molecule has 0 aliphatic carbocycles. The highest BCUT2D eigenvalue weighted by molar-refractivity contribution is 6.30. The van der Waals surface area contributed by atoms with Gasteiger partial charge in [0.1, 0.15) is 0 Å². The standard InChI is InChI=1S/C18H21Cl/c1-2-3-4-5-6-15-7-9-16(10-8-15)17-11-13-18(19)14-12-17/h7-14H,2-6H2,1H3. The van der Waals surface area contributed by atoms with E-state index in [4.69, 9.17) is 11.6 Å². The molecule has 0 N–H and O–H groups in total. The molecule has 0 unspecified atom stereocenters. The monoisotopic (exact) mass is 272 g/mol. The second-order valence-electron chi connectivity index (χ2n) is 5.01. The number of halogens is 1. The van der Waals surface area contributed by atoms with Crippen LogP contribution in [0, 0.1) is 0 Å². The fourth-order valence-electron chi connectivity index (χ4n) is 2.26. The van der Waals surface area contributed by atoms with Crippen LogP contribution in [-0.4, -0.2) is 0 Å². The maximum absolute atomic E-state index is 5.91. The molecule has 0 aliphatic heterocycles. The fourth-order valence-corrected chi connectivity index (χ4v) is 2.39. The first-order valence-corrected chi connectivity index (χ1v) is 7.52. The SMILES string of the molecule is CCCCCCc1ccc(-c2ccc(Cl)cc2)cc1. The van der Waals surface area contributed by atoms with E-state index in [9.17, 15) is 0 Å². The van der Waals surface area contributed by atoms with Crippen LogP contribution in [0.15, 0.2) is 48.5 Å². The van der Waals surface area contributed by atoms with Gasteiger partial charge in [-0.25, -0.2) is 0 Å². The minimum atomic E-state index is 0.788. The highest BCUT2D eigenvalue weighted by Gasteiger charge is 1.98. The Morgan fingerprint density at radius 1 is 0.737 bits per heavy atom. The molecule has 0 aliphatic rings. The van der Waals surface area contributed by atoms with Crippen LogP contribution in [0.3, 0.4) is 0 Å². The maximum Gasteiger partial charge on any atom is 0.0406 e. The van der Waals surface area contributed by atoms with E-state index in [0.717, 1.165) is 5.02 Å². The summed E-state index contributed by atoms with van der Waals surface area (Å²) in [6.07, 6.45) is 6.49. The third-order valence-electron chi connectivity index (χ3n) is 3.45. The number of rotatable bonds is 6. The molecule has 0 fully saturated rings. The number of hydrogen-bond acceptors (Lipinski definition) is 0. The number of hydrogen-bond donors (Lipinski definition) is 0. The molecular formula is C18H21Cl. The van der Waals surface area contributed by atoms with Crippen LogP contribution in [0.4, 0.5) is 0 Å². The van der Waals surface area contributed by atoms with Crippen molar-refractivity contribution >= 4 is 11.6 Å². The largest absolute Gasteiger partial charge is 0.0843 e. The van der Waals surface area contributed by atoms with Crippen molar-refractivity contribution in [3.05, 3.63) is 59.1 Å². The molecule has 100 valence electrons. The van der Waals surface area contributed by atoms with Gasteiger partial charge in [0.15, 0.2) is 0 Å². The van der Waals surface area contributed by atoms with E-state index < -0.39 is 0 Å². The molecule has 0 atom stereocenters. The lowest BCUT2D eigenvalue weighted by Gasteiger charge is -2.05. The minimum absolute atomic E-state index is 0.788. The Balaban J connectivity index is 1.96. The van der Waals surface area contributed by atoms with Crippen LogP contribution in [0.25, 0.3) is 11.1 Å². The second kappa shape index (κ2) is 7.35. The molecule has 0 aromatic heterocycles. The molecule has 0 spiro atoms. The Morgan fingerprint density at radius 3 is 1.89 bits per heavy atom. The van der Waals surface area contributed by atoms with Gasteiger partial charge in [-0.1, -0.05) is 74.2 Å². The van der Waals surface area contributed by atoms with Crippen LogP contribution in [0.5, 0.6) is 0 Å². The van der Waals surface area contributed by atoms with Gasteiger partial charge in [-0.15, -0.1) is 0 Å². The van der Waals surface area contributed by atoms with Gasteiger partial charge in [0.05, 0.1) is 0 Å². The van der Waals surface area contributed by atoms with Crippen molar-refractivity contribution in [2.24, 2.45) is 0 Å². The first kappa shape index (κ1) is 14.1. The van der Waals surface area contributed by atoms with Crippen LogP contribution in [0.1, 0.15) is 38.2 Å². The van der Waals surface area contributed by atoms with Crippen molar-refractivity contribution in [3.8, 4) is 11.1 Å². The predicted octanol–water partition coefficient (Wildman–Crippen LogP) is 6.13. The van der Waals surface area contributed by atoms with Crippen molar-refractivity contribution in [3.63, 3.8) is 0 Å². The summed E-state index contributed by atoms with van der Waals surface area (Å²) < 4.78 is 0. The predicted molar refractivity (Wildman–Crippen MR) is 84.7 cm³/mol. The summed E-state index contributed by atoms with van der Waals surface area (Å²) in [7, 11) is 0. The first-order valence-electron chi connectivity index (χ1n) is 7.14. The molecule has 0 nitrogen and oxygen atoms in total. The molecule has 0 amide bonds. The molecule has 19 heavy (non-hydrogen) atoms. The molecule has 2 rings (SSSR count). The van der Waals surface area contributed by atoms with Crippen molar-refractivity contribution in [1.29, 1.82) is 0 Å². The maximum atomic E-state index is 5.91. The van der Waals surface area contributed by atoms with Crippen LogP contribution >= 0.6 is 11.6 Å². The quantitative estimate of drug-likeness (QED) is 0.555. The van der Waals surface area contributed by atoms with Crippen molar-refractivity contribution < 1.29 is 0 Å². The van der Waals surface area contributed by atoms with Gasteiger partial charge in [0, 0.05) is 5.02 Å². The molecule has 0 radical (unpaired) electrons. The van der Waals surface area contributed by atoms with E-state index in [0.29, 0.717) is 0 Å². The van der Waals surface area contributed by atoms with Gasteiger partial charge in [0.2, 0.25) is 0 Å². The van der Waals surface area contributed by atoms with E-state index in [1.165, 1.54) is 48.8 Å². The fraction of sp³-hybridized carbons (Fsp3) is 0.333. The third kappa shape index (κ3) is 4.40. The molecule has 0 saturated carbocycles. The molecule has 2 aromatic carbocycles. The lowest BCUT2D eigenvalue weighted by molar-refractivity contribution is 0.667. The Labute approximate surface area is 121 Å². The lowest BCUT2D eigenvalue weighted by atomic mass is 10.0. The second-order valence-corrected chi connectivity index (χ2v) is 5.45. The molecule has 0 saturated heterocycles. The Hall–Kier alpha value is -1.27. The summed E-state index contributed by atoms with van der Waals surface area (Å²) in [6.45, 7) is 2.25. The third-order valence-corrected chi connectivity index (χ3v) is 3.70. The van der Waals surface area contributed by atoms with Crippen LogP contribution in [0.2, 0.25) is 5.02 Å². The van der Waals surface area contributed by atoms with Gasteiger partial charge in [-0.05, 0) is 41.7 Å². The Kier molecular flexibility index (Phi) is 5.47. The highest BCUT2D eigenvalue weighted by atomic mass is 35.5. The Bertz CT molecular complexity index is 482. The van der Waals surface area contributed by atoms with E-state index in [1.807, 2.05) is 12.1 Å². The number of aryl methyl sites for hydroxylation is 1. The highest BCUT2D eigenvalue weighted by Crippen LogP contribution is 2.22. The minimum Gasteiger partial charge on any atom is -0.0843 e. The average molecular weight is 273 g/mol. The van der Waals surface area contributed by atoms with E-state index in [-0.39, 0.29) is 0 Å². The molecular weight excluding hydrogens is 252 g/mol. The lowest BCUT2D eigenvalue weighted by Crippen LogP contribution is -1.86. The van der Waals surface area contributed by atoms with Gasteiger partial charge in [0.25, 0.3) is 0 Å². The van der Waals surface area contributed by atoms with Crippen molar-refractivity contribution in [1.82, 2.24) is 0 Å². The number of unbranched alkanes of at least 4 members (excludes halogenated alkanes) is 3. The summed E-state index contributed by atoms with van der Waals surface area (Å²) >= 11 is 5.91. The average Bonchev–Trinajstić information content (AvgIpc) is 2.45. The summed E-state index contributed by atoms with van der Waals surface area (Å²) in [4.78, 5) is 0. The molecule has 2 aromatic rings. The summed E-state index contributed by atoms with van der Waals surface area (Å²) in [5, 5.41) is 0.788. The zero-order valence-corrected chi connectivity index (χ0v) is 12.3. The van der Waals surface area contributed by atoms with Gasteiger partial charge >= 0.3 is 0 Å². The molecule has 1 heteroatoms. The molecule has 0 heterocycles. The van der Waals surface area contributed by atoms with Crippen molar-refractivity contribution in [2.75, 3.05) is 0 Å². The van der Waals surface area contributed by atoms with Gasteiger partial charge < -0.3 is 0 Å². The van der Waals surface area contributed by atoms with Gasteiger partial charge in [-0.3, -0.25) is 0 Å². The van der Waals surface area contributed by atoms with Crippen LogP contribution in [-0.2, 0) is 6.42 Å². The summed E-state index contributed by atoms with van der Waals surface area (Å²) in [5.74, 6) is 0. The normalized spacial score (nSPS) is 10.6. The van der Waals surface area contributed by atoms with Crippen molar-refractivity contribution in [2.45, 2.75) is 39.0 Å². The van der Waals surface area contributed by atoms with Crippen LogP contribution < -0.4 is 0 Å². The summed E-state index contributed by atoms with van der Waals surface area (Å²) in [6, 6.07) is 16.9. The zero-order valence-electron chi connectivity index (χ0n) is 11.5. The van der Waals surface area contributed by atoms with E-state index >= 15 is 0 Å². The summed E-state index contributed by atoms with van der Waals surface area (Å²) in [5.41, 5.74) is 3.92. The first-order chi connectivity index (χ1) is 9.29. The topological polar surface area (TPSA) is 0 Å². The van der Waals surface area contributed by atoms with E-state index in [1.54, 1.807) is 0 Å². The smallest absolute Gasteiger partial charge is 0.0406 e.